The lowest BCUT2D eigenvalue weighted by Gasteiger charge is -2.20. The quantitative estimate of drug-likeness (QED) is 0.336. The van der Waals surface area contributed by atoms with Gasteiger partial charge in [-0.05, 0) is 65.1 Å². The fourth-order valence-corrected chi connectivity index (χ4v) is 3.45. The highest BCUT2D eigenvalue weighted by molar-refractivity contribution is 6.04. The van der Waals surface area contributed by atoms with E-state index in [2.05, 4.69) is 5.32 Å². The van der Waals surface area contributed by atoms with Gasteiger partial charge in [-0.1, -0.05) is 45.0 Å². The van der Waals surface area contributed by atoms with Crippen molar-refractivity contribution in [3.8, 4) is 0 Å². The Bertz CT molecular complexity index is 1140. The Morgan fingerprint density at radius 1 is 0.765 bits per heavy atom. The Hall–Kier alpha value is -3.48. The molecule has 0 heterocycles. The molecule has 34 heavy (non-hydrogen) atoms. The Kier molecular flexibility index (Phi) is 7.24. The predicted octanol–water partition coefficient (Wildman–Crippen LogP) is 6.37. The summed E-state index contributed by atoms with van der Waals surface area (Å²) in [6.07, 6.45) is -4.50. The standard InChI is InChI=1S/C27H25F4NO2/c1-26(2,3)20-12-6-19(7-13-20)25(34)32-23(24(33)18-8-14-22(28)15-9-18)16-17-4-10-21(11-5-17)27(29,30)31/h4-15,23H,16H2,1-3H3,(H,32,34). The van der Waals surface area contributed by atoms with Gasteiger partial charge in [0, 0.05) is 17.5 Å². The predicted molar refractivity (Wildman–Crippen MR) is 122 cm³/mol. The van der Waals surface area contributed by atoms with E-state index in [-0.39, 0.29) is 17.4 Å². The molecule has 0 saturated heterocycles. The van der Waals surface area contributed by atoms with Crippen molar-refractivity contribution in [1.29, 1.82) is 0 Å². The third-order valence-electron chi connectivity index (χ3n) is 5.48. The van der Waals surface area contributed by atoms with Crippen LogP contribution in [0.5, 0.6) is 0 Å². The highest BCUT2D eigenvalue weighted by Crippen LogP contribution is 2.29. The van der Waals surface area contributed by atoms with Crippen LogP contribution in [0.1, 0.15) is 58.2 Å². The SMILES string of the molecule is CC(C)(C)c1ccc(C(=O)NC(Cc2ccc(C(F)(F)F)cc2)C(=O)c2ccc(F)cc2)cc1. The number of carbonyl (C=O) groups excluding carboxylic acids is 2. The van der Waals surface area contributed by atoms with Gasteiger partial charge in [-0.3, -0.25) is 9.59 Å². The molecule has 7 heteroatoms. The minimum absolute atomic E-state index is 0.0276. The molecule has 1 unspecified atom stereocenters. The van der Waals surface area contributed by atoms with Crippen molar-refractivity contribution in [2.75, 3.05) is 0 Å². The van der Waals surface area contributed by atoms with Gasteiger partial charge in [0.1, 0.15) is 5.82 Å². The molecule has 3 nitrogen and oxygen atoms in total. The minimum atomic E-state index is -4.48. The fraction of sp³-hybridized carbons (Fsp3) is 0.259. The second-order valence-electron chi connectivity index (χ2n) is 9.12. The third-order valence-corrected chi connectivity index (χ3v) is 5.48. The van der Waals surface area contributed by atoms with Gasteiger partial charge in [-0.25, -0.2) is 4.39 Å². The zero-order valence-electron chi connectivity index (χ0n) is 19.0. The van der Waals surface area contributed by atoms with Crippen LogP contribution in [-0.4, -0.2) is 17.7 Å². The van der Waals surface area contributed by atoms with Crippen LogP contribution in [0.3, 0.4) is 0 Å². The van der Waals surface area contributed by atoms with E-state index in [1.807, 2.05) is 32.9 Å². The van der Waals surface area contributed by atoms with Crippen molar-refractivity contribution in [2.24, 2.45) is 0 Å². The Labute approximate surface area is 195 Å². The van der Waals surface area contributed by atoms with E-state index in [4.69, 9.17) is 0 Å². The summed E-state index contributed by atoms with van der Waals surface area (Å²) in [5, 5.41) is 2.69. The third kappa shape index (κ3) is 6.31. The van der Waals surface area contributed by atoms with Gasteiger partial charge < -0.3 is 5.32 Å². The molecule has 3 aromatic carbocycles. The van der Waals surface area contributed by atoms with Crippen LogP contribution in [0.15, 0.2) is 72.8 Å². The lowest BCUT2D eigenvalue weighted by Crippen LogP contribution is -2.42. The highest BCUT2D eigenvalue weighted by Gasteiger charge is 2.30. The fourth-order valence-electron chi connectivity index (χ4n) is 3.45. The Morgan fingerprint density at radius 2 is 1.26 bits per heavy atom. The second-order valence-corrected chi connectivity index (χ2v) is 9.12. The first kappa shape index (κ1) is 25.1. The van der Waals surface area contributed by atoms with E-state index in [1.54, 1.807) is 12.1 Å². The molecule has 1 amide bonds. The van der Waals surface area contributed by atoms with E-state index in [1.165, 1.54) is 24.3 Å². The zero-order valence-corrected chi connectivity index (χ0v) is 19.0. The van der Waals surface area contributed by atoms with Crippen molar-refractivity contribution < 1.29 is 27.2 Å². The van der Waals surface area contributed by atoms with Gasteiger partial charge in [0.15, 0.2) is 5.78 Å². The molecule has 178 valence electrons. The van der Waals surface area contributed by atoms with E-state index >= 15 is 0 Å². The Morgan fingerprint density at radius 3 is 1.76 bits per heavy atom. The molecule has 0 bridgehead atoms. The van der Waals surface area contributed by atoms with Crippen LogP contribution in [-0.2, 0) is 18.0 Å². The summed E-state index contributed by atoms with van der Waals surface area (Å²) in [7, 11) is 0. The molecule has 0 aliphatic rings. The lowest BCUT2D eigenvalue weighted by atomic mass is 9.86. The number of benzene rings is 3. The number of Topliss-reactive ketones (excluding diaryl/α,β-unsaturated/α-hetero) is 1. The first-order valence-electron chi connectivity index (χ1n) is 10.7. The zero-order chi connectivity index (χ0) is 25.1. The van der Waals surface area contributed by atoms with Gasteiger partial charge in [0.25, 0.3) is 5.91 Å². The summed E-state index contributed by atoms with van der Waals surface area (Å²) in [4.78, 5) is 26.0. The number of rotatable bonds is 6. The molecule has 0 fully saturated rings. The molecule has 0 radical (unpaired) electrons. The second kappa shape index (κ2) is 9.79. The molecule has 0 spiro atoms. The van der Waals surface area contributed by atoms with E-state index in [9.17, 15) is 27.2 Å². The number of ketones is 1. The van der Waals surface area contributed by atoms with Crippen molar-refractivity contribution in [2.45, 2.75) is 44.8 Å². The summed E-state index contributed by atoms with van der Waals surface area (Å²) in [5.41, 5.74) is 1.10. The average Bonchev–Trinajstić information content (AvgIpc) is 2.78. The molecular weight excluding hydrogens is 446 g/mol. The summed E-state index contributed by atoms with van der Waals surface area (Å²) < 4.78 is 52.0. The largest absolute Gasteiger partial charge is 0.416 e. The van der Waals surface area contributed by atoms with Crippen LogP contribution in [0, 0.1) is 5.82 Å². The molecule has 3 aromatic rings. The highest BCUT2D eigenvalue weighted by atomic mass is 19.4. The summed E-state index contributed by atoms with van der Waals surface area (Å²) in [6.45, 7) is 6.14. The van der Waals surface area contributed by atoms with Crippen LogP contribution in [0.25, 0.3) is 0 Å². The first-order chi connectivity index (χ1) is 15.8. The van der Waals surface area contributed by atoms with Gasteiger partial charge in [-0.15, -0.1) is 0 Å². The number of amides is 1. The van der Waals surface area contributed by atoms with Crippen LogP contribution in [0.4, 0.5) is 17.6 Å². The molecule has 1 N–H and O–H groups in total. The maximum Gasteiger partial charge on any atom is 0.416 e. The van der Waals surface area contributed by atoms with Crippen molar-refractivity contribution in [3.05, 3.63) is 106 Å². The number of nitrogens with one attached hydrogen (secondary N) is 1. The van der Waals surface area contributed by atoms with Crippen LogP contribution < -0.4 is 5.32 Å². The maximum absolute atomic E-state index is 13.3. The smallest absolute Gasteiger partial charge is 0.342 e. The van der Waals surface area contributed by atoms with Crippen molar-refractivity contribution >= 4 is 11.7 Å². The molecule has 1 atom stereocenters. The van der Waals surface area contributed by atoms with Gasteiger partial charge >= 0.3 is 6.18 Å². The van der Waals surface area contributed by atoms with Gasteiger partial charge in [0.2, 0.25) is 0 Å². The molecule has 3 rings (SSSR count). The number of hydrogen-bond acceptors (Lipinski definition) is 2. The Balaban J connectivity index is 1.86. The summed E-state index contributed by atoms with van der Waals surface area (Å²) >= 11 is 0. The molecule has 0 saturated carbocycles. The number of halogens is 4. The summed E-state index contributed by atoms with van der Waals surface area (Å²) in [5.74, 6) is -1.48. The maximum atomic E-state index is 13.3. The molecular formula is C27H25F4NO2. The minimum Gasteiger partial charge on any atom is -0.342 e. The normalized spacial score (nSPS) is 12.8. The topological polar surface area (TPSA) is 46.2 Å². The van der Waals surface area contributed by atoms with E-state index < -0.39 is 35.3 Å². The molecule has 0 aliphatic heterocycles. The van der Waals surface area contributed by atoms with Crippen LogP contribution >= 0.6 is 0 Å². The molecule has 0 aliphatic carbocycles. The van der Waals surface area contributed by atoms with Gasteiger partial charge in [0.05, 0.1) is 11.6 Å². The van der Waals surface area contributed by atoms with Gasteiger partial charge in [-0.2, -0.15) is 13.2 Å². The number of hydrogen-bond donors (Lipinski definition) is 1. The summed E-state index contributed by atoms with van der Waals surface area (Å²) in [6, 6.07) is 15.2. The van der Waals surface area contributed by atoms with E-state index in [0.717, 1.165) is 29.8 Å². The molecule has 0 aromatic heterocycles. The number of carbonyl (C=O) groups is 2. The van der Waals surface area contributed by atoms with E-state index in [0.29, 0.717) is 11.1 Å². The van der Waals surface area contributed by atoms with Crippen molar-refractivity contribution in [1.82, 2.24) is 5.32 Å². The average molecular weight is 471 g/mol. The monoisotopic (exact) mass is 471 g/mol. The first-order valence-corrected chi connectivity index (χ1v) is 10.7. The van der Waals surface area contributed by atoms with Crippen molar-refractivity contribution in [3.63, 3.8) is 0 Å². The lowest BCUT2D eigenvalue weighted by molar-refractivity contribution is -0.137. The van der Waals surface area contributed by atoms with Crippen LogP contribution in [0.2, 0.25) is 0 Å². The number of alkyl halides is 3.